The number of benzene rings is 2. The van der Waals surface area contributed by atoms with Gasteiger partial charge in [-0.15, -0.1) is 0 Å². The quantitative estimate of drug-likeness (QED) is 0.849. The van der Waals surface area contributed by atoms with E-state index >= 15 is 0 Å². The summed E-state index contributed by atoms with van der Waals surface area (Å²) in [7, 11) is -3.68. The second-order valence-electron chi connectivity index (χ2n) is 5.23. The minimum Gasteiger partial charge on any atom is -0.371 e. The smallest absolute Gasteiger partial charge is 0.243 e. The van der Waals surface area contributed by atoms with Crippen LogP contribution in [0.1, 0.15) is 11.7 Å². The molecule has 0 amide bonds. The van der Waals surface area contributed by atoms with Crippen LogP contribution in [0.5, 0.6) is 0 Å². The fourth-order valence-corrected chi connectivity index (χ4v) is 4.13. The molecule has 1 saturated heterocycles. The van der Waals surface area contributed by atoms with E-state index in [2.05, 4.69) is 0 Å². The molecule has 3 rings (SSSR count). The lowest BCUT2D eigenvalue weighted by atomic mass is 10.1. The van der Waals surface area contributed by atoms with Crippen molar-refractivity contribution in [1.82, 2.24) is 4.31 Å². The highest BCUT2D eigenvalue weighted by Crippen LogP contribution is 2.27. The van der Waals surface area contributed by atoms with E-state index in [1.165, 1.54) is 16.4 Å². The normalized spacial score (nSPS) is 19.7. The molecule has 0 bridgehead atoms. The number of hydrogen-bond donors (Lipinski definition) is 0. The molecule has 1 aliphatic heterocycles. The Morgan fingerprint density at radius 2 is 1.91 bits per heavy atom. The number of hydrogen-bond acceptors (Lipinski definition) is 3. The first kappa shape index (κ1) is 16.4. The lowest BCUT2D eigenvalue weighted by Gasteiger charge is -2.32. The van der Waals surface area contributed by atoms with Crippen LogP contribution in [0.3, 0.4) is 0 Å². The minimum absolute atomic E-state index is 0.0747. The second-order valence-corrected chi connectivity index (χ2v) is 7.61. The topological polar surface area (TPSA) is 46.6 Å². The summed E-state index contributed by atoms with van der Waals surface area (Å²) >= 11 is 5.98. The van der Waals surface area contributed by atoms with Crippen molar-refractivity contribution < 1.29 is 17.5 Å². The van der Waals surface area contributed by atoms with Crippen molar-refractivity contribution >= 4 is 21.6 Å². The van der Waals surface area contributed by atoms with Gasteiger partial charge >= 0.3 is 0 Å². The SMILES string of the molecule is O=S(=O)(c1ccc(F)cc1)N1CCOC(c2cccc(Cl)c2)C1. The Bertz CT molecular complexity index is 795. The first-order chi connectivity index (χ1) is 11.0. The van der Waals surface area contributed by atoms with E-state index in [4.69, 9.17) is 16.3 Å². The Morgan fingerprint density at radius 3 is 2.61 bits per heavy atom. The molecule has 1 unspecified atom stereocenters. The van der Waals surface area contributed by atoms with Crippen LogP contribution in [0, 0.1) is 5.82 Å². The molecule has 1 aliphatic rings. The van der Waals surface area contributed by atoms with Crippen molar-refractivity contribution in [2.75, 3.05) is 19.7 Å². The molecule has 1 fully saturated rings. The van der Waals surface area contributed by atoms with Crippen LogP contribution in [-0.4, -0.2) is 32.4 Å². The predicted molar refractivity (Wildman–Crippen MR) is 85.3 cm³/mol. The number of rotatable bonds is 3. The number of nitrogens with zero attached hydrogens (tertiary/aromatic N) is 1. The van der Waals surface area contributed by atoms with E-state index in [1.807, 2.05) is 6.07 Å². The molecule has 4 nitrogen and oxygen atoms in total. The maximum atomic E-state index is 13.0. The van der Waals surface area contributed by atoms with Crippen LogP contribution >= 0.6 is 11.6 Å². The van der Waals surface area contributed by atoms with Crippen LogP contribution in [0.4, 0.5) is 4.39 Å². The van der Waals surface area contributed by atoms with Gasteiger partial charge < -0.3 is 4.74 Å². The van der Waals surface area contributed by atoms with Gasteiger partial charge in [0.2, 0.25) is 10.0 Å². The van der Waals surface area contributed by atoms with Crippen molar-refractivity contribution in [3.63, 3.8) is 0 Å². The highest BCUT2D eigenvalue weighted by molar-refractivity contribution is 7.89. The standard InChI is InChI=1S/C16H15ClFNO3S/c17-13-3-1-2-12(10-13)16-11-19(8-9-22-16)23(20,21)15-6-4-14(18)5-7-15/h1-7,10,16H,8-9,11H2. The van der Waals surface area contributed by atoms with E-state index in [9.17, 15) is 12.8 Å². The summed E-state index contributed by atoms with van der Waals surface area (Å²) in [6.45, 7) is 0.744. The molecule has 0 N–H and O–H groups in total. The minimum atomic E-state index is -3.68. The lowest BCUT2D eigenvalue weighted by molar-refractivity contribution is -0.00255. The lowest BCUT2D eigenvalue weighted by Crippen LogP contribution is -2.42. The van der Waals surface area contributed by atoms with Crippen molar-refractivity contribution in [3.05, 3.63) is 64.9 Å². The van der Waals surface area contributed by atoms with Gasteiger partial charge in [-0.2, -0.15) is 4.31 Å². The van der Waals surface area contributed by atoms with Crippen molar-refractivity contribution in [3.8, 4) is 0 Å². The highest BCUT2D eigenvalue weighted by atomic mass is 35.5. The van der Waals surface area contributed by atoms with E-state index in [0.717, 1.165) is 17.7 Å². The van der Waals surface area contributed by atoms with Crippen LogP contribution in [0.15, 0.2) is 53.4 Å². The van der Waals surface area contributed by atoms with Crippen molar-refractivity contribution in [1.29, 1.82) is 0 Å². The first-order valence-electron chi connectivity index (χ1n) is 7.09. The molecule has 2 aromatic carbocycles. The molecule has 0 aromatic heterocycles. The molecule has 0 radical (unpaired) electrons. The van der Waals surface area contributed by atoms with Gasteiger partial charge in [0.25, 0.3) is 0 Å². The zero-order chi connectivity index (χ0) is 16.4. The summed E-state index contributed by atoms with van der Waals surface area (Å²) in [5.74, 6) is -0.470. The molecule has 122 valence electrons. The molecular weight excluding hydrogens is 341 g/mol. The van der Waals surface area contributed by atoms with Gasteiger partial charge in [-0.1, -0.05) is 23.7 Å². The zero-order valence-corrected chi connectivity index (χ0v) is 13.7. The maximum Gasteiger partial charge on any atom is 0.243 e. The molecular formula is C16H15ClFNO3S. The first-order valence-corrected chi connectivity index (χ1v) is 8.91. The monoisotopic (exact) mass is 355 g/mol. The Balaban J connectivity index is 1.84. The van der Waals surface area contributed by atoms with Gasteiger partial charge in [0.05, 0.1) is 17.6 Å². The average molecular weight is 356 g/mol. The zero-order valence-electron chi connectivity index (χ0n) is 12.2. The third-order valence-electron chi connectivity index (χ3n) is 3.70. The van der Waals surface area contributed by atoms with Crippen LogP contribution < -0.4 is 0 Å². The third kappa shape index (κ3) is 3.55. The fraction of sp³-hybridized carbons (Fsp3) is 0.250. The highest BCUT2D eigenvalue weighted by Gasteiger charge is 2.31. The van der Waals surface area contributed by atoms with Crippen LogP contribution in [0.25, 0.3) is 0 Å². The summed E-state index contributed by atoms with van der Waals surface area (Å²) in [5, 5.41) is 0.574. The molecule has 0 saturated carbocycles. The molecule has 2 aromatic rings. The van der Waals surface area contributed by atoms with Gasteiger partial charge in [-0.25, -0.2) is 12.8 Å². The largest absolute Gasteiger partial charge is 0.371 e. The van der Waals surface area contributed by atoms with E-state index in [1.54, 1.807) is 18.2 Å². The molecule has 23 heavy (non-hydrogen) atoms. The summed E-state index contributed by atoms with van der Waals surface area (Å²) in [6.07, 6.45) is -0.377. The van der Waals surface area contributed by atoms with E-state index in [-0.39, 0.29) is 30.7 Å². The fourth-order valence-electron chi connectivity index (χ4n) is 2.51. The Hall–Kier alpha value is -1.47. The number of morpholine rings is 1. The number of sulfonamides is 1. The van der Waals surface area contributed by atoms with Gasteiger partial charge in [-0.3, -0.25) is 0 Å². The maximum absolute atomic E-state index is 13.0. The van der Waals surface area contributed by atoms with Gasteiger partial charge in [-0.05, 0) is 42.0 Å². The van der Waals surface area contributed by atoms with Gasteiger partial charge in [0.1, 0.15) is 5.82 Å². The number of halogens is 2. The molecule has 1 atom stereocenters. The predicted octanol–water partition coefficient (Wildman–Crippen LogP) is 3.24. The van der Waals surface area contributed by atoms with E-state index < -0.39 is 15.8 Å². The van der Waals surface area contributed by atoms with Crippen molar-refractivity contribution in [2.24, 2.45) is 0 Å². The Kier molecular flexibility index (Phi) is 4.68. The van der Waals surface area contributed by atoms with E-state index in [0.29, 0.717) is 5.02 Å². The summed E-state index contributed by atoms with van der Waals surface area (Å²) in [4.78, 5) is 0.0747. The summed E-state index contributed by atoms with van der Waals surface area (Å²) < 4.78 is 45.4. The summed E-state index contributed by atoms with van der Waals surface area (Å²) in [6, 6.07) is 12.0. The third-order valence-corrected chi connectivity index (χ3v) is 5.82. The average Bonchev–Trinajstić information content (AvgIpc) is 2.55. The Morgan fingerprint density at radius 1 is 1.17 bits per heavy atom. The van der Waals surface area contributed by atoms with Crippen LogP contribution in [-0.2, 0) is 14.8 Å². The molecule has 1 heterocycles. The molecule has 0 aliphatic carbocycles. The number of ether oxygens (including phenoxy) is 1. The van der Waals surface area contributed by atoms with Crippen molar-refractivity contribution in [2.45, 2.75) is 11.0 Å². The van der Waals surface area contributed by atoms with Gasteiger partial charge in [0.15, 0.2) is 0 Å². The molecule has 0 spiro atoms. The molecule has 7 heteroatoms. The van der Waals surface area contributed by atoms with Crippen LogP contribution in [0.2, 0.25) is 5.02 Å². The summed E-state index contributed by atoms with van der Waals surface area (Å²) in [5.41, 5.74) is 0.830. The Labute approximate surface area is 139 Å². The second kappa shape index (κ2) is 6.57. The van der Waals surface area contributed by atoms with Gasteiger partial charge in [0, 0.05) is 18.1 Å².